The molecule has 0 amide bonds. The van der Waals surface area contributed by atoms with Gasteiger partial charge in [0, 0.05) is 11.0 Å². The molecule has 0 saturated heterocycles. The zero-order valence-corrected chi connectivity index (χ0v) is 16.6. The number of unbranched alkanes of at least 4 members (excludes halogenated alkanes) is 2. The Morgan fingerprint density at radius 2 is 1.69 bits per heavy atom. The number of benzene rings is 1. The zero-order valence-electron chi connectivity index (χ0n) is 16.6. The molecule has 3 nitrogen and oxygen atoms in total. The van der Waals surface area contributed by atoms with Gasteiger partial charge in [0.15, 0.2) is 0 Å². The average molecular weight is 353 g/mol. The van der Waals surface area contributed by atoms with Gasteiger partial charge in [0.1, 0.15) is 0 Å². The fourth-order valence-corrected chi connectivity index (χ4v) is 5.31. The van der Waals surface area contributed by atoms with E-state index in [1.54, 1.807) is 0 Å². The van der Waals surface area contributed by atoms with Gasteiger partial charge in [-0.1, -0.05) is 43.9 Å². The summed E-state index contributed by atoms with van der Waals surface area (Å²) in [7, 11) is 0. The van der Waals surface area contributed by atoms with Crippen molar-refractivity contribution in [2.24, 2.45) is 5.41 Å². The van der Waals surface area contributed by atoms with Crippen molar-refractivity contribution in [3.63, 3.8) is 0 Å². The summed E-state index contributed by atoms with van der Waals surface area (Å²) in [6.07, 6.45) is 13.3. The minimum absolute atomic E-state index is 0.149. The summed E-state index contributed by atoms with van der Waals surface area (Å²) < 4.78 is 6.26. The third-order valence-electron chi connectivity index (χ3n) is 7.20. The van der Waals surface area contributed by atoms with E-state index in [0.717, 1.165) is 11.5 Å². The Balaban J connectivity index is 1.51. The van der Waals surface area contributed by atoms with Gasteiger partial charge in [-0.3, -0.25) is 0 Å². The summed E-state index contributed by atoms with van der Waals surface area (Å²) in [6.45, 7) is 6.54. The van der Waals surface area contributed by atoms with Crippen LogP contribution >= 0.6 is 0 Å². The number of aryl methyl sites for hydroxylation is 2. The summed E-state index contributed by atoms with van der Waals surface area (Å²) in [4.78, 5) is 0. The molecule has 3 aliphatic rings. The Labute approximate surface area is 157 Å². The molecule has 140 valence electrons. The summed E-state index contributed by atoms with van der Waals surface area (Å²) in [6, 6.07) is 6.42. The standard InChI is InChI=1S/C23H32N2O/c1-4-5-6-9-22-10-13-23(14-11-22,15-12-22)21-25-24-20(26-21)19-8-7-17(2)16-18(19)3/h7-8,16H,4-6,9-15H2,1-3H3. The van der Waals surface area contributed by atoms with E-state index in [2.05, 4.69) is 49.2 Å². The Bertz CT molecular complexity index is 752. The summed E-state index contributed by atoms with van der Waals surface area (Å²) in [5, 5.41) is 8.95. The zero-order chi connectivity index (χ0) is 18.2. The molecule has 0 atom stereocenters. The molecule has 26 heavy (non-hydrogen) atoms. The van der Waals surface area contributed by atoms with Crippen LogP contribution in [0.25, 0.3) is 11.5 Å². The first-order chi connectivity index (χ1) is 12.6. The molecule has 3 aliphatic carbocycles. The van der Waals surface area contributed by atoms with Crippen LogP contribution in [-0.4, -0.2) is 10.2 Å². The maximum absolute atomic E-state index is 6.26. The summed E-state index contributed by atoms with van der Waals surface area (Å²) >= 11 is 0. The summed E-state index contributed by atoms with van der Waals surface area (Å²) in [5.74, 6) is 1.59. The predicted molar refractivity (Wildman–Crippen MR) is 105 cm³/mol. The van der Waals surface area contributed by atoms with E-state index < -0.39 is 0 Å². The van der Waals surface area contributed by atoms with Gasteiger partial charge in [0.05, 0.1) is 0 Å². The molecule has 1 aromatic heterocycles. The van der Waals surface area contributed by atoms with Crippen molar-refractivity contribution in [3.05, 3.63) is 35.2 Å². The molecule has 0 aliphatic heterocycles. The van der Waals surface area contributed by atoms with Gasteiger partial charge in [0.25, 0.3) is 0 Å². The molecule has 0 N–H and O–H groups in total. The normalized spacial score (nSPS) is 27.8. The van der Waals surface area contributed by atoms with Gasteiger partial charge in [-0.05, 0) is 75.8 Å². The number of hydrogen-bond acceptors (Lipinski definition) is 3. The first-order valence-corrected chi connectivity index (χ1v) is 10.5. The molecule has 0 radical (unpaired) electrons. The van der Waals surface area contributed by atoms with Crippen LogP contribution in [0.2, 0.25) is 0 Å². The van der Waals surface area contributed by atoms with E-state index >= 15 is 0 Å². The smallest absolute Gasteiger partial charge is 0.248 e. The van der Waals surface area contributed by atoms with Crippen LogP contribution in [0, 0.1) is 19.3 Å². The molecule has 3 heteroatoms. The molecule has 3 saturated carbocycles. The Kier molecular flexibility index (Phi) is 4.66. The van der Waals surface area contributed by atoms with E-state index in [4.69, 9.17) is 4.42 Å². The molecule has 3 fully saturated rings. The number of nitrogens with zero attached hydrogens (tertiary/aromatic N) is 2. The Hall–Kier alpha value is -1.64. The summed E-state index contributed by atoms with van der Waals surface area (Å²) in [5.41, 5.74) is 4.32. The van der Waals surface area contributed by atoms with Crippen LogP contribution in [0.4, 0.5) is 0 Å². The maximum atomic E-state index is 6.26. The van der Waals surface area contributed by atoms with Gasteiger partial charge < -0.3 is 4.42 Å². The highest BCUT2D eigenvalue weighted by atomic mass is 16.4. The lowest BCUT2D eigenvalue weighted by Crippen LogP contribution is -2.44. The lowest BCUT2D eigenvalue weighted by Gasteiger charge is -2.52. The van der Waals surface area contributed by atoms with Gasteiger partial charge in [-0.2, -0.15) is 0 Å². The van der Waals surface area contributed by atoms with Crippen molar-refractivity contribution >= 4 is 0 Å². The van der Waals surface area contributed by atoms with E-state index in [-0.39, 0.29) is 5.41 Å². The molecule has 1 aromatic carbocycles. The van der Waals surface area contributed by atoms with Crippen molar-refractivity contribution in [2.45, 2.75) is 90.4 Å². The monoisotopic (exact) mass is 352 g/mol. The number of aromatic nitrogens is 2. The van der Waals surface area contributed by atoms with E-state index in [1.165, 1.54) is 75.3 Å². The Morgan fingerprint density at radius 1 is 0.962 bits per heavy atom. The highest BCUT2D eigenvalue weighted by Crippen LogP contribution is 2.59. The molecule has 2 bridgehead atoms. The number of rotatable bonds is 6. The van der Waals surface area contributed by atoms with Crippen LogP contribution in [-0.2, 0) is 5.41 Å². The number of hydrogen-bond donors (Lipinski definition) is 0. The molecule has 0 spiro atoms. The quantitative estimate of drug-likeness (QED) is 0.555. The average Bonchev–Trinajstić information content (AvgIpc) is 3.14. The minimum Gasteiger partial charge on any atom is -0.420 e. The lowest BCUT2D eigenvalue weighted by atomic mass is 9.52. The van der Waals surface area contributed by atoms with Crippen molar-refractivity contribution < 1.29 is 4.42 Å². The minimum atomic E-state index is 0.149. The maximum Gasteiger partial charge on any atom is 0.248 e. The highest BCUT2D eigenvalue weighted by molar-refractivity contribution is 5.58. The van der Waals surface area contributed by atoms with Crippen LogP contribution < -0.4 is 0 Å². The second kappa shape index (κ2) is 6.83. The van der Waals surface area contributed by atoms with Crippen molar-refractivity contribution in [3.8, 4) is 11.5 Å². The fraction of sp³-hybridized carbons (Fsp3) is 0.652. The van der Waals surface area contributed by atoms with Gasteiger partial charge >= 0.3 is 0 Å². The Morgan fingerprint density at radius 3 is 2.35 bits per heavy atom. The SMILES string of the molecule is CCCCCC12CCC(c3nnc(-c4ccc(C)cc4C)o3)(CC1)CC2. The van der Waals surface area contributed by atoms with Crippen LogP contribution in [0.1, 0.15) is 88.1 Å². The predicted octanol–water partition coefficient (Wildman–Crippen LogP) is 6.53. The molecule has 0 unspecified atom stereocenters. The molecule has 2 aromatic rings. The van der Waals surface area contributed by atoms with Gasteiger partial charge in [0.2, 0.25) is 11.8 Å². The fourth-order valence-electron chi connectivity index (χ4n) is 5.31. The van der Waals surface area contributed by atoms with Gasteiger partial charge in [-0.25, -0.2) is 0 Å². The van der Waals surface area contributed by atoms with Gasteiger partial charge in [-0.15, -0.1) is 10.2 Å². The third kappa shape index (κ3) is 3.10. The van der Waals surface area contributed by atoms with Crippen LogP contribution in [0.15, 0.2) is 22.6 Å². The van der Waals surface area contributed by atoms with Crippen molar-refractivity contribution in [1.82, 2.24) is 10.2 Å². The molecule has 5 rings (SSSR count). The third-order valence-corrected chi connectivity index (χ3v) is 7.20. The van der Waals surface area contributed by atoms with Crippen LogP contribution in [0.3, 0.4) is 0 Å². The second-order valence-corrected chi connectivity index (χ2v) is 8.97. The van der Waals surface area contributed by atoms with E-state index in [0.29, 0.717) is 11.3 Å². The van der Waals surface area contributed by atoms with Crippen LogP contribution in [0.5, 0.6) is 0 Å². The molecular weight excluding hydrogens is 320 g/mol. The second-order valence-electron chi connectivity index (χ2n) is 8.97. The molecular formula is C23H32N2O. The molecule has 1 heterocycles. The van der Waals surface area contributed by atoms with E-state index in [9.17, 15) is 0 Å². The van der Waals surface area contributed by atoms with Crippen molar-refractivity contribution in [1.29, 1.82) is 0 Å². The lowest BCUT2D eigenvalue weighted by molar-refractivity contribution is 0.0178. The van der Waals surface area contributed by atoms with E-state index in [1.807, 2.05) is 0 Å². The topological polar surface area (TPSA) is 38.9 Å². The number of fused-ring (bicyclic) bond motifs is 3. The first kappa shape index (κ1) is 17.8. The highest BCUT2D eigenvalue weighted by Gasteiger charge is 2.51. The van der Waals surface area contributed by atoms with Crippen molar-refractivity contribution in [2.75, 3.05) is 0 Å². The largest absolute Gasteiger partial charge is 0.420 e. The first-order valence-electron chi connectivity index (χ1n) is 10.5.